The average molecular weight is 321 g/mol. The lowest BCUT2D eigenvalue weighted by Gasteiger charge is -2.31. The molecule has 1 atom stereocenters. The molecule has 0 saturated heterocycles. The van der Waals surface area contributed by atoms with Gasteiger partial charge in [0, 0.05) is 24.7 Å². The fourth-order valence-corrected chi connectivity index (χ4v) is 3.44. The molecule has 8 heteroatoms. The van der Waals surface area contributed by atoms with Crippen molar-refractivity contribution in [1.29, 1.82) is 0 Å². The number of amides is 1. The van der Waals surface area contributed by atoms with Crippen molar-refractivity contribution in [3.05, 3.63) is 27.7 Å². The Bertz CT molecular complexity index is 681. The van der Waals surface area contributed by atoms with E-state index in [-0.39, 0.29) is 11.9 Å². The Hall–Kier alpha value is -1.80. The largest absolute Gasteiger partial charge is 0.383 e. The summed E-state index contributed by atoms with van der Waals surface area (Å²) in [7, 11) is 1.63. The van der Waals surface area contributed by atoms with Crippen LogP contribution in [0.5, 0.6) is 0 Å². The lowest BCUT2D eigenvalue weighted by molar-refractivity contribution is -0.137. The fourth-order valence-electron chi connectivity index (χ4n) is 2.67. The lowest BCUT2D eigenvalue weighted by Crippen LogP contribution is -2.43. The highest BCUT2D eigenvalue weighted by molar-refractivity contribution is 7.09. The van der Waals surface area contributed by atoms with Gasteiger partial charge in [0.15, 0.2) is 5.82 Å². The highest BCUT2D eigenvalue weighted by atomic mass is 32.1. The van der Waals surface area contributed by atoms with Crippen LogP contribution in [0.15, 0.2) is 5.38 Å². The van der Waals surface area contributed by atoms with E-state index >= 15 is 0 Å². The van der Waals surface area contributed by atoms with Crippen LogP contribution in [0.25, 0.3) is 0 Å². The first-order valence-corrected chi connectivity index (χ1v) is 8.09. The van der Waals surface area contributed by atoms with E-state index in [4.69, 9.17) is 4.74 Å². The Labute approximate surface area is 132 Å². The number of rotatable bonds is 5. The highest BCUT2D eigenvalue weighted by Gasteiger charge is 2.32. The molecule has 7 nitrogen and oxygen atoms in total. The van der Waals surface area contributed by atoms with Gasteiger partial charge in [0.1, 0.15) is 16.9 Å². The molecule has 0 aromatic carbocycles. The number of methoxy groups -OCH3 is 1. The summed E-state index contributed by atoms with van der Waals surface area (Å²) in [6, 6.07) is -0.285. The molecule has 0 bridgehead atoms. The third-order valence-electron chi connectivity index (χ3n) is 3.77. The Morgan fingerprint density at radius 3 is 2.95 bits per heavy atom. The predicted molar refractivity (Wildman–Crippen MR) is 81.7 cm³/mol. The van der Waals surface area contributed by atoms with E-state index in [1.54, 1.807) is 23.3 Å². The standard InChI is InChI=1S/C14H19N5O2S/c1-9-8-22-13(15-9)6-11-16-17-12-7-18(4-5-21-3)14(20)10(2)19(11)12/h8,10H,4-7H2,1-3H3/t10-/m0/s1. The summed E-state index contributed by atoms with van der Waals surface area (Å²) < 4.78 is 7.01. The molecule has 2 aromatic heterocycles. The van der Waals surface area contributed by atoms with Gasteiger partial charge in [0.05, 0.1) is 19.6 Å². The Kier molecular flexibility index (Phi) is 4.21. The number of aryl methyl sites for hydroxylation is 1. The van der Waals surface area contributed by atoms with E-state index in [1.165, 1.54) is 0 Å². The highest BCUT2D eigenvalue weighted by Crippen LogP contribution is 2.24. The molecule has 1 amide bonds. The van der Waals surface area contributed by atoms with E-state index in [0.29, 0.717) is 26.1 Å². The summed E-state index contributed by atoms with van der Waals surface area (Å²) in [6.07, 6.45) is 0.612. The van der Waals surface area contributed by atoms with Gasteiger partial charge in [-0.15, -0.1) is 21.5 Å². The van der Waals surface area contributed by atoms with Crippen LogP contribution >= 0.6 is 11.3 Å². The molecule has 3 heterocycles. The van der Waals surface area contributed by atoms with Gasteiger partial charge in [-0.2, -0.15) is 0 Å². The van der Waals surface area contributed by atoms with E-state index in [2.05, 4.69) is 15.2 Å². The van der Waals surface area contributed by atoms with E-state index < -0.39 is 0 Å². The van der Waals surface area contributed by atoms with E-state index in [1.807, 2.05) is 23.8 Å². The number of ether oxygens (including phenoxy) is 1. The molecule has 3 rings (SSSR count). The van der Waals surface area contributed by atoms with Gasteiger partial charge in [0.25, 0.3) is 0 Å². The molecule has 1 aliphatic heterocycles. The molecule has 2 aromatic rings. The molecule has 0 unspecified atom stereocenters. The van der Waals surface area contributed by atoms with Crippen LogP contribution in [0.1, 0.15) is 35.3 Å². The topological polar surface area (TPSA) is 73.1 Å². The summed E-state index contributed by atoms with van der Waals surface area (Å²) in [4.78, 5) is 18.7. The molecule has 1 aliphatic rings. The predicted octanol–water partition coefficient (Wildman–Crippen LogP) is 1.18. The van der Waals surface area contributed by atoms with E-state index in [9.17, 15) is 4.79 Å². The number of carbonyl (C=O) groups excluding carboxylic acids is 1. The SMILES string of the molecule is COCCN1Cc2nnc(Cc3nc(C)cs3)n2[C@@H](C)C1=O. The molecule has 0 saturated carbocycles. The summed E-state index contributed by atoms with van der Waals surface area (Å²) in [5.74, 6) is 1.71. The Balaban J connectivity index is 1.83. The van der Waals surface area contributed by atoms with Crippen molar-refractivity contribution in [1.82, 2.24) is 24.6 Å². The molecule has 0 fully saturated rings. The van der Waals surface area contributed by atoms with Crippen molar-refractivity contribution in [3.63, 3.8) is 0 Å². The number of hydrogen-bond acceptors (Lipinski definition) is 6. The van der Waals surface area contributed by atoms with Crippen molar-refractivity contribution >= 4 is 17.2 Å². The minimum Gasteiger partial charge on any atom is -0.383 e. The molecule has 0 radical (unpaired) electrons. The van der Waals surface area contributed by atoms with Gasteiger partial charge in [-0.1, -0.05) is 0 Å². The molecule has 0 aliphatic carbocycles. The Morgan fingerprint density at radius 1 is 1.45 bits per heavy atom. The van der Waals surface area contributed by atoms with Gasteiger partial charge in [-0.3, -0.25) is 4.79 Å². The molecule has 22 heavy (non-hydrogen) atoms. The lowest BCUT2D eigenvalue weighted by atomic mass is 10.2. The second-order valence-corrected chi connectivity index (χ2v) is 6.33. The van der Waals surface area contributed by atoms with Crippen LogP contribution < -0.4 is 0 Å². The molecule has 0 N–H and O–H groups in total. The summed E-state index contributed by atoms with van der Waals surface area (Å²) in [5.41, 5.74) is 1.01. The van der Waals surface area contributed by atoms with Crippen LogP contribution in [0, 0.1) is 6.92 Å². The summed E-state index contributed by atoms with van der Waals surface area (Å²) in [6.45, 7) is 5.45. The number of fused-ring (bicyclic) bond motifs is 1. The van der Waals surface area contributed by atoms with Gasteiger partial charge in [-0.05, 0) is 13.8 Å². The number of aromatic nitrogens is 4. The first-order chi connectivity index (χ1) is 10.6. The van der Waals surface area contributed by atoms with Crippen LogP contribution in [0.4, 0.5) is 0 Å². The first kappa shape index (κ1) is 15.1. The molecular weight excluding hydrogens is 302 g/mol. The van der Waals surface area contributed by atoms with Gasteiger partial charge < -0.3 is 14.2 Å². The third-order valence-corrected chi connectivity index (χ3v) is 4.73. The van der Waals surface area contributed by atoms with Crippen LogP contribution in [-0.2, 0) is 22.5 Å². The monoisotopic (exact) mass is 321 g/mol. The van der Waals surface area contributed by atoms with Crippen LogP contribution in [0.2, 0.25) is 0 Å². The fraction of sp³-hybridized carbons (Fsp3) is 0.571. The third kappa shape index (κ3) is 2.76. The maximum absolute atomic E-state index is 12.5. The first-order valence-electron chi connectivity index (χ1n) is 7.21. The number of carbonyl (C=O) groups is 1. The maximum atomic E-state index is 12.5. The molecular formula is C14H19N5O2S. The van der Waals surface area contributed by atoms with Crippen molar-refractivity contribution < 1.29 is 9.53 Å². The average Bonchev–Trinajstić information content (AvgIpc) is 3.08. The zero-order valence-electron chi connectivity index (χ0n) is 12.9. The maximum Gasteiger partial charge on any atom is 0.245 e. The minimum absolute atomic E-state index is 0.0842. The number of thiazole rings is 1. The van der Waals surface area contributed by atoms with Gasteiger partial charge in [0.2, 0.25) is 5.91 Å². The van der Waals surface area contributed by atoms with Crippen molar-refractivity contribution in [2.75, 3.05) is 20.3 Å². The zero-order valence-corrected chi connectivity index (χ0v) is 13.8. The van der Waals surface area contributed by atoms with Crippen molar-refractivity contribution in [2.24, 2.45) is 0 Å². The second kappa shape index (κ2) is 6.13. The van der Waals surface area contributed by atoms with Gasteiger partial charge in [-0.25, -0.2) is 4.98 Å². The quantitative estimate of drug-likeness (QED) is 0.827. The smallest absolute Gasteiger partial charge is 0.245 e. The van der Waals surface area contributed by atoms with Crippen LogP contribution in [0.3, 0.4) is 0 Å². The number of hydrogen-bond donors (Lipinski definition) is 0. The second-order valence-electron chi connectivity index (χ2n) is 5.39. The van der Waals surface area contributed by atoms with Gasteiger partial charge >= 0.3 is 0 Å². The number of nitrogens with zero attached hydrogens (tertiary/aromatic N) is 5. The van der Waals surface area contributed by atoms with E-state index in [0.717, 1.165) is 22.4 Å². The minimum atomic E-state index is -0.285. The van der Waals surface area contributed by atoms with Crippen molar-refractivity contribution in [3.8, 4) is 0 Å². The van der Waals surface area contributed by atoms with Crippen molar-refractivity contribution in [2.45, 2.75) is 32.9 Å². The Morgan fingerprint density at radius 2 is 2.27 bits per heavy atom. The van der Waals surface area contributed by atoms with Crippen LogP contribution in [-0.4, -0.2) is 50.8 Å². The molecule has 0 spiro atoms. The zero-order chi connectivity index (χ0) is 15.7. The summed E-state index contributed by atoms with van der Waals surface area (Å²) >= 11 is 1.61. The normalized spacial score (nSPS) is 17.9. The molecule has 118 valence electrons. The summed E-state index contributed by atoms with van der Waals surface area (Å²) in [5, 5.41) is 11.5.